The third-order valence-electron chi connectivity index (χ3n) is 1.33. The first-order valence-corrected chi connectivity index (χ1v) is 4.64. The summed E-state index contributed by atoms with van der Waals surface area (Å²) in [6.45, 7) is 0. The molecule has 1 aromatic carbocycles. The number of anilines is 1. The molecule has 0 fully saturated rings. The first-order chi connectivity index (χ1) is 6.42. The lowest BCUT2D eigenvalue weighted by Gasteiger charge is -2.08. The fraction of sp³-hybridized carbons (Fsp3) is 0.143. The van der Waals surface area contributed by atoms with Gasteiger partial charge in [0.2, 0.25) is 0 Å². The molecule has 0 aliphatic heterocycles. The second kappa shape index (κ2) is 4.29. The molecule has 0 unspecified atom stereocenters. The average molecular weight is 243 g/mol. The maximum atomic E-state index is 12.0. The van der Waals surface area contributed by atoms with Gasteiger partial charge in [0.15, 0.2) is 0 Å². The van der Waals surface area contributed by atoms with E-state index in [1.807, 2.05) is 0 Å². The van der Waals surface area contributed by atoms with Crippen LogP contribution in [0.1, 0.15) is 0 Å². The summed E-state index contributed by atoms with van der Waals surface area (Å²) < 4.78 is 35.9. The van der Waals surface area contributed by atoms with Crippen LogP contribution < -0.4 is 11.3 Å². The van der Waals surface area contributed by atoms with E-state index in [9.17, 15) is 13.2 Å². The van der Waals surface area contributed by atoms with Crippen molar-refractivity contribution in [3.05, 3.63) is 23.2 Å². The molecule has 0 amide bonds. The number of thioether (sulfide) groups is 1. The molecule has 14 heavy (non-hydrogen) atoms. The van der Waals surface area contributed by atoms with Crippen LogP contribution in [-0.4, -0.2) is 5.51 Å². The number of benzene rings is 1. The van der Waals surface area contributed by atoms with Crippen molar-refractivity contribution in [3.63, 3.8) is 0 Å². The number of nitrogen functional groups attached to an aromatic ring is 1. The van der Waals surface area contributed by atoms with E-state index >= 15 is 0 Å². The standard InChI is InChI=1S/C7H6ClF3N2S/c8-5-2-1-4(3-6(5)13-12)14-7(9,10)11/h1-3,13H,12H2. The maximum Gasteiger partial charge on any atom is 0.446 e. The number of alkyl halides is 3. The Morgan fingerprint density at radius 2 is 2.00 bits per heavy atom. The van der Waals surface area contributed by atoms with Gasteiger partial charge >= 0.3 is 5.51 Å². The molecule has 78 valence electrons. The Labute approximate surface area is 87.6 Å². The molecule has 7 heteroatoms. The molecule has 0 aliphatic rings. The number of hydrogen-bond acceptors (Lipinski definition) is 3. The summed E-state index contributed by atoms with van der Waals surface area (Å²) in [5.74, 6) is 5.06. The molecule has 0 aliphatic carbocycles. The van der Waals surface area contributed by atoms with E-state index < -0.39 is 5.51 Å². The highest BCUT2D eigenvalue weighted by atomic mass is 35.5. The summed E-state index contributed by atoms with van der Waals surface area (Å²) in [5.41, 5.74) is -1.83. The summed E-state index contributed by atoms with van der Waals surface area (Å²) in [6.07, 6.45) is 0. The minimum atomic E-state index is -4.31. The van der Waals surface area contributed by atoms with Gasteiger partial charge < -0.3 is 5.43 Å². The molecule has 0 heterocycles. The molecule has 3 N–H and O–H groups in total. The van der Waals surface area contributed by atoms with Gasteiger partial charge in [-0.3, -0.25) is 5.84 Å². The van der Waals surface area contributed by atoms with Gasteiger partial charge in [-0.15, -0.1) is 0 Å². The van der Waals surface area contributed by atoms with Crippen molar-refractivity contribution < 1.29 is 13.2 Å². The fourth-order valence-corrected chi connectivity index (χ4v) is 1.56. The number of hydrazine groups is 1. The molecular weight excluding hydrogens is 237 g/mol. The monoisotopic (exact) mass is 242 g/mol. The van der Waals surface area contributed by atoms with Crippen LogP contribution in [0.3, 0.4) is 0 Å². The number of nitrogens with one attached hydrogen (secondary N) is 1. The molecule has 0 saturated heterocycles. The van der Waals surface area contributed by atoms with Crippen LogP contribution in [0.4, 0.5) is 18.9 Å². The SMILES string of the molecule is NNc1cc(SC(F)(F)F)ccc1Cl. The van der Waals surface area contributed by atoms with Crippen molar-refractivity contribution in [2.24, 2.45) is 5.84 Å². The lowest BCUT2D eigenvalue weighted by Crippen LogP contribution is -2.07. The smallest absolute Gasteiger partial charge is 0.323 e. The van der Waals surface area contributed by atoms with E-state index in [4.69, 9.17) is 17.4 Å². The van der Waals surface area contributed by atoms with Gasteiger partial charge in [0.25, 0.3) is 0 Å². The zero-order chi connectivity index (χ0) is 10.8. The highest BCUT2D eigenvalue weighted by Gasteiger charge is 2.29. The van der Waals surface area contributed by atoms with Gasteiger partial charge in [0, 0.05) is 4.90 Å². The number of hydrogen-bond donors (Lipinski definition) is 2. The first kappa shape index (κ1) is 11.5. The van der Waals surface area contributed by atoms with E-state index in [2.05, 4.69) is 5.43 Å². The van der Waals surface area contributed by atoms with Gasteiger partial charge in [0.05, 0.1) is 10.7 Å². The van der Waals surface area contributed by atoms with Crippen LogP contribution in [0, 0.1) is 0 Å². The van der Waals surface area contributed by atoms with Crippen molar-refractivity contribution in [1.82, 2.24) is 0 Å². The van der Waals surface area contributed by atoms with E-state index in [0.717, 1.165) is 0 Å². The normalized spacial score (nSPS) is 11.5. The third kappa shape index (κ3) is 3.28. The predicted molar refractivity (Wildman–Crippen MR) is 51.2 cm³/mol. The van der Waals surface area contributed by atoms with Crippen LogP contribution in [-0.2, 0) is 0 Å². The Bertz CT molecular complexity index is 329. The molecule has 0 bridgehead atoms. The van der Waals surface area contributed by atoms with Crippen molar-refractivity contribution >= 4 is 29.1 Å². The fourth-order valence-electron chi connectivity index (χ4n) is 0.812. The van der Waals surface area contributed by atoms with Gasteiger partial charge in [-0.2, -0.15) is 13.2 Å². The topological polar surface area (TPSA) is 38.0 Å². The van der Waals surface area contributed by atoms with Crippen molar-refractivity contribution in [2.75, 3.05) is 5.43 Å². The highest BCUT2D eigenvalue weighted by molar-refractivity contribution is 8.00. The summed E-state index contributed by atoms with van der Waals surface area (Å²) >= 11 is 5.42. The molecule has 0 radical (unpaired) electrons. The van der Waals surface area contributed by atoms with Gasteiger partial charge in [-0.1, -0.05) is 11.6 Å². The Balaban J connectivity index is 2.90. The lowest BCUT2D eigenvalue weighted by molar-refractivity contribution is -0.0328. The van der Waals surface area contributed by atoms with Crippen molar-refractivity contribution in [3.8, 4) is 0 Å². The Morgan fingerprint density at radius 3 is 2.50 bits per heavy atom. The number of rotatable bonds is 2. The Morgan fingerprint density at radius 1 is 1.36 bits per heavy atom. The second-order valence-corrected chi connectivity index (χ2v) is 3.88. The first-order valence-electron chi connectivity index (χ1n) is 3.44. The minimum absolute atomic E-state index is 0.0369. The second-order valence-electron chi connectivity index (χ2n) is 2.33. The molecule has 2 nitrogen and oxygen atoms in total. The van der Waals surface area contributed by atoms with Crippen LogP contribution in [0.25, 0.3) is 0 Å². The van der Waals surface area contributed by atoms with Crippen LogP contribution in [0.2, 0.25) is 5.02 Å². The van der Waals surface area contributed by atoms with Crippen LogP contribution in [0.15, 0.2) is 23.1 Å². The zero-order valence-corrected chi connectivity index (χ0v) is 8.30. The largest absolute Gasteiger partial charge is 0.446 e. The van der Waals surface area contributed by atoms with E-state index in [-0.39, 0.29) is 27.4 Å². The summed E-state index contributed by atoms with van der Waals surface area (Å²) in [6, 6.07) is 3.87. The molecular formula is C7H6ClF3N2S. The van der Waals surface area contributed by atoms with Crippen molar-refractivity contribution in [1.29, 1.82) is 0 Å². The van der Waals surface area contributed by atoms with Gasteiger partial charge in [0.1, 0.15) is 0 Å². The van der Waals surface area contributed by atoms with E-state index in [0.29, 0.717) is 0 Å². The maximum absolute atomic E-state index is 12.0. The third-order valence-corrected chi connectivity index (χ3v) is 2.38. The molecule has 0 aromatic heterocycles. The quantitative estimate of drug-likeness (QED) is 0.475. The predicted octanol–water partition coefficient (Wildman–Crippen LogP) is 3.24. The minimum Gasteiger partial charge on any atom is -0.323 e. The molecule has 0 atom stereocenters. The summed E-state index contributed by atoms with van der Waals surface area (Å²) in [4.78, 5) is 0.0369. The highest BCUT2D eigenvalue weighted by Crippen LogP contribution is 2.38. The van der Waals surface area contributed by atoms with E-state index in [1.165, 1.54) is 18.2 Å². The lowest BCUT2D eigenvalue weighted by atomic mass is 10.3. The average Bonchev–Trinajstić information content (AvgIpc) is 2.06. The van der Waals surface area contributed by atoms with Gasteiger partial charge in [-0.25, -0.2) is 0 Å². The zero-order valence-electron chi connectivity index (χ0n) is 6.73. The Hall–Kier alpha value is -0.590. The summed E-state index contributed by atoms with van der Waals surface area (Å²) in [7, 11) is 0. The van der Waals surface area contributed by atoms with Crippen molar-refractivity contribution in [2.45, 2.75) is 10.4 Å². The number of halogens is 4. The molecule has 0 saturated carbocycles. The van der Waals surface area contributed by atoms with Crippen LogP contribution >= 0.6 is 23.4 Å². The number of nitrogens with two attached hydrogens (primary N) is 1. The molecule has 0 spiro atoms. The molecule has 1 aromatic rings. The van der Waals surface area contributed by atoms with Crippen LogP contribution in [0.5, 0.6) is 0 Å². The Kier molecular flexibility index (Phi) is 3.52. The molecule has 1 rings (SSSR count). The van der Waals surface area contributed by atoms with E-state index in [1.54, 1.807) is 0 Å². The summed E-state index contributed by atoms with van der Waals surface area (Å²) in [5, 5.41) is 0.277. The van der Waals surface area contributed by atoms with Gasteiger partial charge in [-0.05, 0) is 30.0 Å².